The van der Waals surface area contributed by atoms with Crippen LogP contribution in [0.3, 0.4) is 0 Å². The van der Waals surface area contributed by atoms with Crippen molar-refractivity contribution in [3.63, 3.8) is 0 Å². The number of Topliss-reactive ketones (excluding diaryl/α,β-unsaturated/α-hetero) is 1. The number of piperidine rings is 1. The monoisotopic (exact) mass is 257 g/mol. The van der Waals surface area contributed by atoms with Crippen LogP contribution >= 0.6 is 0 Å². The molecule has 1 N–H and O–H groups in total. The number of carbonyl (C=O) groups is 1. The van der Waals surface area contributed by atoms with Crippen LogP contribution in [-0.4, -0.2) is 28.4 Å². The predicted octanol–water partition coefficient (Wildman–Crippen LogP) is 2.06. The number of fused-ring (bicyclic) bond motifs is 1. The lowest BCUT2D eigenvalue weighted by Crippen LogP contribution is -2.31. The van der Waals surface area contributed by atoms with Crippen LogP contribution in [0.25, 0.3) is 11.0 Å². The molecule has 0 amide bonds. The zero-order chi connectivity index (χ0) is 13.4. The fourth-order valence-corrected chi connectivity index (χ4v) is 2.79. The summed E-state index contributed by atoms with van der Waals surface area (Å²) in [4.78, 5) is 17.0. The highest BCUT2D eigenvalue weighted by atomic mass is 16.1. The topological polar surface area (TPSA) is 46.9 Å². The zero-order valence-electron chi connectivity index (χ0n) is 11.4. The highest BCUT2D eigenvalue weighted by molar-refractivity contribution is 6.00. The molecule has 19 heavy (non-hydrogen) atoms. The molecule has 1 aromatic carbocycles. The summed E-state index contributed by atoms with van der Waals surface area (Å²) in [5.74, 6) is 1.41. The first-order chi connectivity index (χ1) is 9.16. The summed E-state index contributed by atoms with van der Waals surface area (Å²) in [6.07, 6.45) is 1.89. The Morgan fingerprint density at radius 2 is 2.11 bits per heavy atom. The van der Waals surface area contributed by atoms with Crippen LogP contribution < -0.4 is 5.32 Å². The molecule has 2 heterocycles. The van der Waals surface area contributed by atoms with Crippen LogP contribution in [0.5, 0.6) is 0 Å². The second-order valence-electron chi connectivity index (χ2n) is 5.31. The fraction of sp³-hybridized carbons (Fsp3) is 0.467. The molecule has 4 nitrogen and oxygen atoms in total. The number of rotatable bonds is 2. The maximum Gasteiger partial charge on any atom is 0.166 e. The van der Waals surface area contributed by atoms with Crippen molar-refractivity contribution in [3.05, 3.63) is 29.6 Å². The molecule has 0 saturated carbocycles. The normalized spacial score (nSPS) is 16.9. The lowest BCUT2D eigenvalue weighted by atomic mass is 9.89. The third-order valence-corrected chi connectivity index (χ3v) is 4.10. The van der Waals surface area contributed by atoms with Crippen LogP contribution in [0, 0.1) is 12.8 Å². The minimum Gasteiger partial charge on any atom is -0.331 e. The molecule has 0 unspecified atom stereocenters. The highest BCUT2D eigenvalue weighted by Crippen LogP contribution is 2.22. The molecule has 100 valence electrons. The smallest absolute Gasteiger partial charge is 0.166 e. The van der Waals surface area contributed by atoms with Crippen LogP contribution in [0.1, 0.15) is 29.0 Å². The van der Waals surface area contributed by atoms with E-state index in [1.165, 1.54) is 0 Å². The molecule has 1 saturated heterocycles. The van der Waals surface area contributed by atoms with Gasteiger partial charge in [-0.05, 0) is 51.1 Å². The van der Waals surface area contributed by atoms with Crippen molar-refractivity contribution < 1.29 is 4.79 Å². The average Bonchev–Trinajstić information content (AvgIpc) is 2.74. The van der Waals surface area contributed by atoms with Gasteiger partial charge in [0.25, 0.3) is 0 Å². The summed E-state index contributed by atoms with van der Waals surface area (Å²) < 4.78 is 2.05. The van der Waals surface area contributed by atoms with Gasteiger partial charge in [0.05, 0.1) is 11.0 Å². The third kappa shape index (κ3) is 2.16. The fourth-order valence-electron chi connectivity index (χ4n) is 2.79. The molecule has 0 bridgehead atoms. The van der Waals surface area contributed by atoms with Gasteiger partial charge in [-0.15, -0.1) is 0 Å². The van der Waals surface area contributed by atoms with E-state index in [1.54, 1.807) is 0 Å². The zero-order valence-corrected chi connectivity index (χ0v) is 11.4. The van der Waals surface area contributed by atoms with Gasteiger partial charge in [0.15, 0.2) is 5.78 Å². The van der Waals surface area contributed by atoms with Gasteiger partial charge in [0.1, 0.15) is 5.82 Å². The Bertz CT molecular complexity index is 624. The van der Waals surface area contributed by atoms with Gasteiger partial charge in [-0.2, -0.15) is 0 Å². The van der Waals surface area contributed by atoms with E-state index in [1.807, 2.05) is 36.7 Å². The van der Waals surface area contributed by atoms with E-state index in [0.29, 0.717) is 0 Å². The minimum absolute atomic E-state index is 0.170. The molecule has 0 aliphatic carbocycles. The lowest BCUT2D eigenvalue weighted by Gasteiger charge is -2.21. The largest absolute Gasteiger partial charge is 0.331 e. The molecule has 0 atom stereocenters. The number of aryl methyl sites for hydroxylation is 2. The number of imidazole rings is 1. The first kappa shape index (κ1) is 12.4. The Morgan fingerprint density at radius 3 is 2.84 bits per heavy atom. The number of nitrogens with one attached hydrogen (secondary N) is 1. The van der Waals surface area contributed by atoms with Gasteiger partial charge in [-0.1, -0.05) is 0 Å². The van der Waals surface area contributed by atoms with E-state index in [9.17, 15) is 4.79 Å². The van der Waals surface area contributed by atoms with E-state index in [4.69, 9.17) is 0 Å². The van der Waals surface area contributed by atoms with Crippen molar-refractivity contribution in [2.45, 2.75) is 19.8 Å². The van der Waals surface area contributed by atoms with Gasteiger partial charge >= 0.3 is 0 Å². The van der Waals surface area contributed by atoms with Crippen molar-refractivity contribution in [1.82, 2.24) is 14.9 Å². The predicted molar refractivity (Wildman–Crippen MR) is 75.4 cm³/mol. The maximum absolute atomic E-state index is 12.5. The summed E-state index contributed by atoms with van der Waals surface area (Å²) >= 11 is 0. The number of hydrogen-bond acceptors (Lipinski definition) is 3. The molecule has 4 heteroatoms. The standard InChI is InChI=1S/C15H19N3O/c1-10-17-13-9-12(3-4-14(13)18(10)2)15(19)11-5-7-16-8-6-11/h3-4,9,11,16H,5-8H2,1-2H3. The molecular weight excluding hydrogens is 238 g/mol. The maximum atomic E-state index is 12.5. The van der Waals surface area contributed by atoms with Gasteiger partial charge in [0.2, 0.25) is 0 Å². The quantitative estimate of drug-likeness (QED) is 0.838. The van der Waals surface area contributed by atoms with Gasteiger partial charge in [-0.3, -0.25) is 4.79 Å². The van der Waals surface area contributed by atoms with E-state index in [2.05, 4.69) is 10.3 Å². The minimum atomic E-state index is 0.170. The van der Waals surface area contributed by atoms with E-state index >= 15 is 0 Å². The van der Waals surface area contributed by atoms with E-state index in [0.717, 1.165) is 48.4 Å². The summed E-state index contributed by atoms with van der Waals surface area (Å²) in [6.45, 7) is 3.87. The van der Waals surface area contributed by atoms with E-state index in [-0.39, 0.29) is 11.7 Å². The first-order valence-electron chi connectivity index (χ1n) is 6.85. The Morgan fingerprint density at radius 1 is 1.37 bits per heavy atom. The van der Waals surface area contributed by atoms with Gasteiger partial charge in [-0.25, -0.2) is 4.98 Å². The number of nitrogens with zero attached hydrogens (tertiary/aromatic N) is 2. The number of hydrogen-bond donors (Lipinski definition) is 1. The van der Waals surface area contributed by atoms with Crippen molar-refractivity contribution >= 4 is 16.8 Å². The third-order valence-electron chi connectivity index (χ3n) is 4.10. The molecule has 1 aliphatic heterocycles. The van der Waals surface area contributed by atoms with Gasteiger partial charge in [0, 0.05) is 18.5 Å². The molecular formula is C15H19N3O. The molecule has 0 spiro atoms. The number of ketones is 1. The Hall–Kier alpha value is -1.68. The summed E-state index contributed by atoms with van der Waals surface area (Å²) in [5.41, 5.74) is 2.80. The lowest BCUT2D eigenvalue weighted by molar-refractivity contribution is 0.0895. The Labute approximate surface area is 112 Å². The molecule has 1 aromatic heterocycles. The second-order valence-corrected chi connectivity index (χ2v) is 5.31. The van der Waals surface area contributed by atoms with Crippen LogP contribution in [0.2, 0.25) is 0 Å². The van der Waals surface area contributed by atoms with Crippen molar-refractivity contribution in [2.75, 3.05) is 13.1 Å². The Balaban J connectivity index is 1.94. The van der Waals surface area contributed by atoms with Crippen molar-refractivity contribution in [1.29, 1.82) is 0 Å². The molecule has 1 fully saturated rings. The van der Waals surface area contributed by atoms with Crippen molar-refractivity contribution in [3.8, 4) is 0 Å². The summed E-state index contributed by atoms with van der Waals surface area (Å²) in [7, 11) is 2.00. The SMILES string of the molecule is Cc1nc2cc(C(=O)C3CCNCC3)ccc2n1C. The van der Waals surface area contributed by atoms with Crippen LogP contribution in [0.4, 0.5) is 0 Å². The first-order valence-corrected chi connectivity index (χ1v) is 6.85. The molecule has 2 aromatic rings. The molecule has 3 rings (SSSR count). The number of benzene rings is 1. The Kier molecular flexibility index (Phi) is 3.11. The molecule has 1 aliphatic rings. The molecule has 0 radical (unpaired) electrons. The second kappa shape index (κ2) is 4.78. The van der Waals surface area contributed by atoms with Crippen molar-refractivity contribution in [2.24, 2.45) is 13.0 Å². The number of aromatic nitrogens is 2. The summed E-state index contributed by atoms with van der Waals surface area (Å²) in [6, 6.07) is 5.88. The van der Waals surface area contributed by atoms with Crippen LogP contribution in [0.15, 0.2) is 18.2 Å². The summed E-state index contributed by atoms with van der Waals surface area (Å²) in [5, 5.41) is 3.29. The van der Waals surface area contributed by atoms with E-state index < -0.39 is 0 Å². The van der Waals surface area contributed by atoms with Crippen LogP contribution in [-0.2, 0) is 7.05 Å². The number of carbonyl (C=O) groups excluding carboxylic acids is 1. The average molecular weight is 257 g/mol. The highest BCUT2D eigenvalue weighted by Gasteiger charge is 2.22. The van der Waals surface area contributed by atoms with Gasteiger partial charge < -0.3 is 9.88 Å².